The minimum Gasteiger partial charge on any atom is -0.299 e. The first kappa shape index (κ1) is 10.4. The van der Waals surface area contributed by atoms with Gasteiger partial charge >= 0.3 is 0 Å². The summed E-state index contributed by atoms with van der Waals surface area (Å²) in [5.74, 6) is 0.611. The maximum atomic E-state index is 10.0. The summed E-state index contributed by atoms with van der Waals surface area (Å²) in [5, 5.41) is 0. The first-order chi connectivity index (χ1) is 5.35. The lowest BCUT2D eigenvalue weighted by molar-refractivity contribution is -0.104. The molecule has 0 aromatic heterocycles. The van der Waals surface area contributed by atoms with Crippen molar-refractivity contribution in [2.45, 2.75) is 39.5 Å². The zero-order valence-corrected chi connectivity index (χ0v) is 7.55. The Morgan fingerprint density at radius 3 is 2.55 bits per heavy atom. The van der Waals surface area contributed by atoms with Gasteiger partial charge in [-0.2, -0.15) is 0 Å². The summed E-state index contributed by atoms with van der Waals surface area (Å²) >= 11 is 0. The van der Waals surface area contributed by atoms with Crippen molar-refractivity contribution in [1.82, 2.24) is 0 Å². The van der Waals surface area contributed by atoms with Crippen LogP contribution in [0.25, 0.3) is 0 Å². The van der Waals surface area contributed by atoms with Crippen LogP contribution in [0.5, 0.6) is 0 Å². The van der Waals surface area contributed by atoms with E-state index in [4.69, 9.17) is 0 Å². The van der Waals surface area contributed by atoms with Crippen molar-refractivity contribution in [3.8, 4) is 0 Å². The molecule has 0 spiro atoms. The Kier molecular flexibility index (Phi) is 7.11. The molecule has 1 unspecified atom stereocenters. The fourth-order valence-corrected chi connectivity index (χ4v) is 1.11. The average molecular weight is 154 g/mol. The van der Waals surface area contributed by atoms with Crippen LogP contribution in [0.3, 0.4) is 0 Å². The largest absolute Gasteiger partial charge is 0.299 e. The van der Waals surface area contributed by atoms with Crippen LogP contribution in [0.2, 0.25) is 0 Å². The highest BCUT2D eigenvalue weighted by molar-refractivity contribution is 5.64. The summed E-state index contributed by atoms with van der Waals surface area (Å²) in [4.78, 5) is 10.0. The fourth-order valence-electron chi connectivity index (χ4n) is 1.11. The SMILES string of the molecule is CCCCC(/C=C/C=O)CC. The van der Waals surface area contributed by atoms with Gasteiger partial charge in [0.2, 0.25) is 0 Å². The second-order valence-corrected chi connectivity index (χ2v) is 2.83. The summed E-state index contributed by atoms with van der Waals surface area (Å²) in [6.45, 7) is 4.35. The fraction of sp³-hybridized carbons (Fsp3) is 0.700. The molecular weight excluding hydrogens is 136 g/mol. The predicted octanol–water partition coefficient (Wildman–Crippen LogP) is 2.96. The van der Waals surface area contributed by atoms with Gasteiger partial charge < -0.3 is 0 Å². The lowest BCUT2D eigenvalue weighted by Crippen LogP contribution is -1.93. The molecule has 0 aliphatic rings. The molecule has 0 aromatic carbocycles. The van der Waals surface area contributed by atoms with Crippen LogP contribution in [0.15, 0.2) is 12.2 Å². The van der Waals surface area contributed by atoms with Gasteiger partial charge in [0.05, 0.1) is 0 Å². The van der Waals surface area contributed by atoms with Crippen LogP contribution in [0.1, 0.15) is 39.5 Å². The molecule has 1 heteroatoms. The van der Waals surface area contributed by atoms with Crippen LogP contribution in [-0.4, -0.2) is 6.29 Å². The third kappa shape index (κ3) is 5.84. The molecule has 1 atom stereocenters. The van der Waals surface area contributed by atoms with Crippen molar-refractivity contribution in [3.63, 3.8) is 0 Å². The molecule has 0 heterocycles. The molecule has 0 aliphatic carbocycles. The first-order valence-corrected chi connectivity index (χ1v) is 4.47. The van der Waals surface area contributed by atoms with Crippen LogP contribution in [0.4, 0.5) is 0 Å². The molecule has 0 saturated heterocycles. The standard InChI is InChI=1S/C10H18O/c1-3-5-7-10(4-2)8-6-9-11/h6,8-10H,3-5,7H2,1-2H3/b8-6+. The van der Waals surface area contributed by atoms with Gasteiger partial charge in [-0.15, -0.1) is 0 Å². The molecule has 11 heavy (non-hydrogen) atoms. The normalized spacial score (nSPS) is 13.6. The van der Waals surface area contributed by atoms with Gasteiger partial charge in [-0.3, -0.25) is 4.79 Å². The number of aldehydes is 1. The summed E-state index contributed by atoms with van der Waals surface area (Å²) in [5.41, 5.74) is 0. The molecule has 0 aliphatic heterocycles. The van der Waals surface area contributed by atoms with Crippen LogP contribution in [0, 0.1) is 5.92 Å². The molecule has 0 fully saturated rings. The quantitative estimate of drug-likeness (QED) is 0.424. The average Bonchev–Trinajstić information content (AvgIpc) is 2.05. The first-order valence-electron chi connectivity index (χ1n) is 4.47. The highest BCUT2D eigenvalue weighted by atomic mass is 16.1. The van der Waals surface area contributed by atoms with E-state index in [-0.39, 0.29) is 0 Å². The third-order valence-electron chi connectivity index (χ3n) is 1.91. The molecule has 1 nitrogen and oxygen atoms in total. The molecule has 0 amide bonds. The van der Waals surface area contributed by atoms with E-state index in [0.29, 0.717) is 5.92 Å². The third-order valence-corrected chi connectivity index (χ3v) is 1.91. The second kappa shape index (κ2) is 7.52. The molecular formula is C10H18O. The van der Waals surface area contributed by atoms with Crippen LogP contribution < -0.4 is 0 Å². The van der Waals surface area contributed by atoms with E-state index in [1.54, 1.807) is 6.08 Å². The lowest BCUT2D eigenvalue weighted by atomic mass is 9.99. The van der Waals surface area contributed by atoms with Crippen molar-refractivity contribution in [2.75, 3.05) is 0 Å². The molecule has 0 rings (SSSR count). The number of hydrogen-bond acceptors (Lipinski definition) is 1. The number of carbonyl (C=O) groups excluding carboxylic acids is 1. The van der Waals surface area contributed by atoms with Crippen LogP contribution in [-0.2, 0) is 4.79 Å². The monoisotopic (exact) mass is 154 g/mol. The number of allylic oxidation sites excluding steroid dienone is 2. The Hall–Kier alpha value is -0.590. The minimum atomic E-state index is 0.611. The number of hydrogen-bond donors (Lipinski definition) is 0. The van der Waals surface area contributed by atoms with Crippen molar-refractivity contribution in [2.24, 2.45) is 5.92 Å². The summed E-state index contributed by atoms with van der Waals surface area (Å²) in [7, 11) is 0. The molecule has 0 saturated carbocycles. The highest BCUT2D eigenvalue weighted by Crippen LogP contribution is 2.13. The van der Waals surface area contributed by atoms with Crippen molar-refractivity contribution < 1.29 is 4.79 Å². The van der Waals surface area contributed by atoms with Gasteiger partial charge in [-0.1, -0.05) is 32.8 Å². The summed E-state index contributed by atoms with van der Waals surface area (Å²) < 4.78 is 0. The summed E-state index contributed by atoms with van der Waals surface area (Å²) in [6.07, 6.45) is 9.36. The molecule has 0 bridgehead atoms. The van der Waals surface area contributed by atoms with E-state index >= 15 is 0 Å². The van der Waals surface area contributed by atoms with E-state index in [2.05, 4.69) is 13.8 Å². The summed E-state index contributed by atoms with van der Waals surface area (Å²) in [6, 6.07) is 0. The molecule has 0 aromatic rings. The van der Waals surface area contributed by atoms with Crippen molar-refractivity contribution in [3.05, 3.63) is 12.2 Å². The van der Waals surface area contributed by atoms with E-state index in [1.807, 2.05) is 6.08 Å². The van der Waals surface area contributed by atoms with E-state index < -0.39 is 0 Å². The number of unbranched alkanes of at least 4 members (excludes halogenated alkanes) is 1. The lowest BCUT2D eigenvalue weighted by Gasteiger charge is -2.07. The van der Waals surface area contributed by atoms with Gasteiger partial charge in [-0.05, 0) is 24.8 Å². The van der Waals surface area contributed by atoms with Gasteiger partial charge in [0.25, 0.3) is 0 Å². The number of rotatable bonds is 6. The van der Waals surface area contributed by atoms with Gasteiger partial charge in [0.15, 0.2) is 0 Å². The maximum Gasteiger partial charge on any atom is 0.142 e. The number of carbonyl (C=O) groups is 1. The molecule has 64 valence electrons. The van der Waals surface area contributed by atoms with E-state index in [0.717, 1.165) is 12.7 Å². The zero-order valence-electron chi connectivity index (χ0n) is 7.55. The van der Waals surface area contributed by atoms with Gasteiger partial charge in [0, 0.05) is 0 Å². The van der Waals surface area contributed by atoms with Gasteiger partial charge in [0.1, 0.15) is 6.29 Å². The predicted molar refractivity (Wildman–Crippen MR) is 48.5 cm³/mol. The second-order valence-electron chi connectivity index (χ2n) is 2.83. The smallest absolute Gasteiger partial charge is 0.142 e. The Bertz CT molecular complexity index is 116. The topological polar surface area (TPSA) is 17.1 Å². The Morgan fingerprint density at radius 2 is 2.09 bits per heavy atom. The van der Waals surface area contributed by atoms with Gasteiger partial charge in [-0.25, -0.2) is 0 Å². The molecule has 0 radical (unpaired) electrons. The van der Waals surface area contributed by atoms with Crippen LogP contribution >= 0.6 is 0 Å². The minimum absolute atomic E-state index is 0.611. The Morgan fingerprint density at radius 1 is 1.36 bits per heavy atom. The maximum absolute atomic E-state index is 10.0. The molecule has 0 N–H and O–H groups in total. The van der Waals surface area contributed by atoms with E-state index in [1.165, 1.54) is 19.3 Å². The Labute approximate surface area is 69.5 Å². The highest BCUT2D eigenvalue weighted by Gasteiger charge is 1.99. The zero-order chi connectivity index (χ0) is 8.53. The van der Waals surface area contributed by atoms with Crippen molar-refractivity contribution in [1.29, 1.82) is 0 Å². The van der Waals surface area contributed by atoms with E-state index in [9.17, 15) is 4.79 Å². The van der Waals surface area contributed by atoms with Crippen molar-refractivity contribution >= 4 is 6.29 Å². The Balaban J connectivity index is 3.56.